The standard InChI is InChI=1S/C14H21NO4/c16-13(15-8-4-2-1-3-5-8)11-9-6-7-10(19-9)12(11)14(17)18/h8-12H,1-7H2,(H,15,16)(H,17,18)/t9-,10+,11-,12+/m0/s1. The predicted molar refractivity (Wildman–Crippen MR) is 67.5 cm³/mol. The van der Waals surface area contributed by atoms with Gasteiger partial charge in [-0.3, -0.25) is 9.59 Å². The molecule has 3 rings (SSSR count). The second-order valence-corrected chi connectivity index (χ2v) is 6.02. The lowest BCUT2D eigenvalue weighted by Gasteiger charge is -2.28. The Labute approximate surface area is 112 Å². The third-order valence-electron chi connectivity index (χ3n) is 4.81. The first kappa shape index (κ1) is 12.9. The predicted octanol–water partition coefficient (Wildman–Crippen LogP) is 1.31. The number of fused-ring (bicyclic) bond motifs is 2. The maximum absolute atomic E-state index is 12.4. The van der Waals surface area contributed by atoms with Gasteiger partial charge in [-0.15, -0.1) is 0 Å². The third kappa shape index (κ3) is 2.36. The number of nitrogens with one attached hydrogen (secondary N) is 1. The fourth-order valence-electron chi connectivity index (χ4n) is 3.87. The third-order valence-corrected chi connectivity index (χ3v) is 4.81. The highest BCUT2D eigenvalue weighted by atomic mass is 16.5. The zero-order chi connectivity index (χ0) is 13.4. The summed E-state index contributed by atoms with van der Waals surface area (Å²) in [7, 11) is 0. The molecule has 2 aliphatic heterocycles. The molecule has 2 heterocycles. The molecule has 2 saturated heterocycles. The molecule has 0 radical (unpaired) electrons. The van der Waals surface area contributed by atoms with Crippen LogP contribution < -0.4 is 5.32 Å². The number of carbonyl (C=O) groups is 2. The molecule has 5 nitrogen and oxygen atoms in total. The zero-order valence-corrected chi connectivity index (χ0v) is 11.0. The molecule has 0 aromatic carbocycles. The number of rotatable bonds is 3. The van der Waals surface area contributed by atoms with E-state index < -0.39 is 17.8 Å². The van der Waals surface area contributed by atoms with Crippen LogP contribution in [0.5, 0.6) is 0 Å². The van der Waals surface area contributed by atoms with Crippen LogP contribution in [0.3, 0.4) is 0 Å². The highest BCUT2D eigenvalue weighted by Crippen LogP contribution is 2.43. The van der Waals surface area contributed by atoms with E-state index in [1.807, 2.05) is 0 Å². The molecule has 3 fully saturated rings. The smallest absolute Gasteiger partial charge is 0.310 e. The van der Waals surface area contributed by atoms with Crippen molar-refractivity contribution in [1.82, 2.24) is 5.32 Å². The Morgan fingerprint density at radius 3 is 2.21 bits per heavy atom. The summed E-state index contributed by atoms with van der Waals surface area (Å²) in [4.78, 5) is 23.7. The summed E-state index contributed by atoms with van der Waals surface area (Å²) < 4.78 is 5.63. The lowest BCUT2D eigenvalue weighted by Crippen LogP contribution is -2.47. The average Bonchev–Trinajstić information content (AvgIpc) is 2.99. The summed E-state index contributed by atoms with van der Waals surface area (Å²) in [5.74, 6) is -2.14. The number of hydrogen-bond acceptors (Lipinski definition) is 3. The molecular formula is C14H21NO4. The van der Waals surface area contributed by atoms with E-state index in [1.165, 1.54) is 6.42 Å². The van der Waals surface area contributed by atoms with Gasteiger partial charge in [0.1, 0.15) is 0 Å². The first-order valence-electron chi connectivity index (χ1n) is 7.35. The van der Waals surface area contributed by atoms with Crippen LogP contribution in [0, 0.1) is 11.8 Å². The zero-order valence-electron chi connectivity index (χ0n) is 11.0. The highest BCUT2D eigenvalue weighted by Gasteiger charge is 2.55. The molecule has 2 N–H and O–H groups in total. The number of carboxylic acid groups (broad SMARTS) is 1. The van der Waals surface area contributed by atoms with E-state index in [-0.39, 0.29) is 24.2 Å². The van der Waals surface area contributed by atoms with Crippen LogP contribution in [0.2, 0.25) is 0 Å². The second kappa shape index (κ2) is 5.12. The molecule has 1 aliphatic carbocycles. The van der Waals surface area contributed by atoms with Crippen molar-refractivity contribution < 1.29 is 19.4 Å². The van der Waals surface area contributed by atoms with Gasteiger partial charge in [0.05, 0.1) is 24.0 Å². The van der Waals surface area contributed by atoms with E-state index in [9.17, 15) is 14.7 Å². The molecule has 0 aromatic heterocycles. The first-order valence-corrected chi connectivity index (χ1v) is 7.35. The monoisotopic (exact) mass is 267 g/mol. The van der Waals surface area contributed by atoms with Crippen molar-refractivity contribution in [1.29, 1.82) is 0 Å². The van der Waals surface area contributed by atoms with Gasteiger partial charge in [-0.2, -0.15) is 0 Å². The van der Waals surface area contributed by atoms with Gasteiger partial charge in [-0.25, -0.2) is 0 Å². The summed E-state index contributed by atoms with van der Waals surface area (Å²) in [6.07, 6.45) is 6.73. The maximum atomic E-state index is 12.4. The molecule has 4 atom stereocenters. The van der Waals surface area contributed by atoms with Crippen LogP contribution in [-0.2, 0) is 14.3 Å². The summed E-state index contributed by atoms with van der Waals surface area (Å²) in [5.41, 5.74) is 0. The Morgan fingerprint density at radius 1 is 0.947 bits per heavy atom. The van der Waals surface area contributed by atoms with Crippen LogP contribution in [0.15, 0.2) is 0 Å². The highest BCUT2D eigenvalue weighted by molar-refractivity contribution is 5.86. The largest absolute Gasteiger partial charge is 0.481 e. The molecule has 3 aliphatic rings. The van der Waals surface area contributed by atoms with Crippen LogP contribution in [0.1, 0.15) is 44.9 Å². The molecule has 5 heteroatoms. The molecule has 0 spiro atoms. The topological polar surface area (TPSA) is 75.6 Å². The van der Waals surface area contributed by atoms with Crippen LogP contribution in [0.4, 0.5) is 0 Å². The van der Waals surface area contributed by atoms with Gasteiger partial charge in [-0.1, -0.05) is 19.3 Å². The average molecular weight is 267 g/mol. The van der Waals surface area contributed by atoms with E-state index in [1.54, 1.807) is 0 Å². The Morgan fingerprint density at radius 2 is 1.58 bits per heavy atom. The van der Waals surface area contributed by atoms with E-state index in [2.05, 4.69) is 5.32 Å². The number of ether oxygens (including phenoxy) is 1. The van der Waals surface area contributed by atoms with Gasteiger partial charge in [-0.05, 0) is 25.7 Å². The normalized spacial score (nSPS) is 38.3. The SMILES string of the molecule is O=C(NC1CCCCC1)[C@@H]1[C@H](C(=O)O)[C@H]2CC[C@@H]1O2. The van der Waals surface area contributed by atoms with Crippen molar-refractivity contribution in [2.45, 2.75) is 63.2 Å². The fraction of sp³-hybridized carbons (Fsp3) is 0.857. The Hall–Kier alpha value is -1.10. The Kier molecular flexibility index (Phi) is 3.48. The van der Waals surface area contributed by atoms with Gasteiger partial charge >= 0.3 is 5.97 Å². The van der Waals surface area contributed by atoms with Crippen molar-refractivity contribution in [3.63, 3.8) is 0 Å². The van der Waals surface area contributed by atoms with Crippen molar-refractivity contribution in [3.05, 3.63) is 0 Å². The van der Waals surface area contributed by atoms with Crippen molar-refractivity contribution >= 4 is 11.9 Å². The summed E-state index contributed by atoms with van der Waals surface area (Å²) >= 11 is 0. The number of amides is 1. The van der Waals surface area contributed by atoms with Crippen LogP contribution in [-0.4, -0.2) is 35.2 Å². The van der Waals surface area contributed by atoms with E-state index >= 15 is 0 Å². The van der Waals surface area contributed by atoms with Crippen molar-refractivity contribution in [2.75, 3.05) is 0 Å². The lowest BCUT2D eigenvalue weighted by molar-refractivity contribution is -0.148. The van der Waals surface area contributed by atoms with Gasteiger partial charge in [0.15, 0.2) is 0 Å². The molecule has 1 saturated carbocycles. The molecule has 2 bridgehead atoms. The van der Waals surface area contributed by atoms with Crippen molar-refractivity contribution in [2.24, 2.45) is 11.8 Å². The number of carbonyl (C=O) groups excluding carboxylic acids is 1. The molecule has 0 aromatic rings. The van der Waals surface area contributed by atoms with Gasteiger partial charge in [0.25, 0.3) is 0 Å². The van der Waals surface area contributed by atoms with E-state index in [4.69, 9.17) is 4.74 Å². The molecular weight excluding hydrogens is 246 g/mol. The molecule has 1 amide bonds. The van der Waals surface area contributed by atoms with Crippen molar-refractivity contribution in [3.8, 4) is 0 Å². The Bertz CT molecular complexity index is 378. The van der Waals surface area contributed by atoms with Crippen LogP contribution >= 0.6 is 0 Å². The molecule has 19 heavy (non-hydrogen) atoms. The van der Waals surface area contributed by atoms with Crippen LogP contribution in [0.25, 0.3) is 0 Å². The summed E-state index contributed by atoms with van der Waals surface area (Å²) in [6, 6.07) is 0.231. The summed E-state index contributed by atoms with van der Waals surface area (Å²) in [6.45, 7) is 0. The second-order valence-electron chi connectivity index (χ2n) is 6.02. The van der Waals surface area contributed by atoms with Gasteiger partial charge < -0.3 is 15.2 Å². The number of carboxylic acids is 1. The minimum atomic E-state index is -0.893. The minimum Gasteiger partial charge on any atom is -0.481 e. The minimum absolute atomic E-state index is 0.105. The molecule has 0 unspecified atom stereocenters. The first-order chi connectivity index (χ1) is 9.16. The Balaban J connectivity index is 1.66. The summed E-state index contributed by atoms with van der Waals surface area (Å²) in [5, 5.41) is 12.3. The van der Waals surface area contributed by atoms with Gasteiger partial charge in [0.2, 0.25) is 5.91 Å². The number of hydrogen-bond donors (Lipinski definition) is 2. The van der Waals surface area contributed by atoms with Gasteiger partial charge in [0, 0.05) is 6.04 Å². The number of aliphatic carboxylic acids is 1. The molecule has 106 valence electrons. The van der Waals surface area contributed by atoms with E-state index in [0.717, 1.165) is 38.5 Å². The fourth-order valence-corrected chi connectivity index (χ4v) is 3.87. The maximum Gasteiger partial charge on any atom is 0.310 e. The lowest BCUT2D eigenvalue weighted by atomic mass is 9.78. The quantitative estimate of drug-likeness (QED) is 0.808. The van der Waals surface area contributed by atoms with E-state index in [0.29, 0.717) is 0 Å².